The maximum absolute atomic E-state index is 12.8. The van der Waals surface area contributed by atoms with Crippen LogP contribution in [0.25, 0.3) is 0 Å². The van der Waals surface area contributed by atoms with Crippen LogP contribution in [0.2, 0.25) is 0 Å². The van der Waals surface area contributed by atoms with Crippen molar-refractivity contribution < 1.29 is 50.0 Å². The number of carbonyl (C=O) groups excluding carboxylic acids is 1. The smallest absolute Gasteiger partial charge is 0.186 e. The van der Waals surface area contributed by atoms with Gasteiger partial charge in [0.15, 0.2) is 12.1 Å². The molecule has 0 bridgehead atoms. The molecule has 0 aromatic carbocycles. The fourth-order valence-corrected chi connectivity index (χ4v) is 12.3. The molecule has 5 saturated carbocycles. The molecule has 0 radical (unpaired) electrons. The van der Waals surface area contributed by atoms with Crippen molar-refractivity contribution in [3.05, 3.63) is 11.6 Å². The monoisotopic (exact) mass is 592 g/mol. The van der Waals surface area contributed by atoms with Crippen LogP contribution in [0.5, 0.6) is 0 Å². The number of hydrogen-bond donors (Lipinski definition) is 7. The first-order chi connectivity index (χ1) is 19.5. The second-order valence-electron chi connectivity index (χ2n) is 16.1. The van der Waals surface area contributed by atoms with E-state index in [4.69, 9.17) is 9.47 Å². The largest absolute Gasteiger partial charge is 0.392 e. The standard InChI is InChI=1S/C32H48O10/c1-14-10-15(33)24(38)32(40)23(14)28(4)11-19(35)31-13-30(31)9-8-20(42-25-22(37)21(36)16(34)12-41-25)27(2,3)17(30)6-7-18(31)29(28,5)26(32)39/h7,14,16-17,19-26,34-40H,6,8-13H2,1-5H3/t14-,16-,17+,19+,20+,21-,22-,23-,24+,25+,26-,28-,29-,30-,31+,32-/m1/s1. The molecule has 2 spiro atoms. The lowest BCUT2D eigenvalue weighted by molar-refractivity contribution is -0.301. The zero-order valence-corrected chi connectivity index (χ0v) is 25.2. The highest BCUT2D eigenvalue weighted by Gasteiger charge is 2.87. The molecule has 0 aromatic heterocycles. The van der Waals surface area contributed by atoms with Crippen LogP contribution in [0, 0.1) is 44.8 Å². The Hall–Kier alpha value is -0.950. The Kier molecular flexibility index (Phi) is 6.12. The lowest BCUT2D eigenvalue weighted by Gasteiger charge is -2.61. The van der Waals surface area contributed by atoms with Crippen LogP contribution in [0.3, 0.4) is 0 Å². The Morgan fingerprint density at radius 2 is 1.71 bits per heavy atom. The molecule has 0 unspecified atom stereocenters. The van der Waals surface area contributed by atoms with Crippen molar-refractivity contribution in [1.82, 2.24) is 0 Å². The van der Waals surface area contributed by atoms with Gasteiger partial charge in [-0.25, -0.2) is 0 Å². The zero-order chi connectivity index (χ0) is 30.6. The molecule has 6 aliphatic carbocycles. The third kappa shape index (κ3) is 3.05. The van der Waals surface area contributed by atoms with Crippen LogP contribution >= 0.6 is 0 Å². The van der Waals surface area contributed by atoms with Gasteiger partial charge in [-0.3, -0.25) is 4.79 Å². The zero-order valence-electron chi connectivity index (χ0n) is 25.2. The predicted molar refractivity (Wildman–Crippen MR) is 147 cm³/mol. The minimum absolute atomic E-state index is 0.112. The molecule has 16 atom stereocenters. The number of aliphatic hydroxyl groups excluding tert-OH is 6. The van der Waals surface area contributed by atoms with Gasteiger partial charge >= 0.3 is 0 Å². The summed E-state index contributed by atoms with van der Waals surface area (Å²) in [6, 6.07) is 0. The van der Waals surface area contributed by atoms with Gasteiger partial charge in [0.1, 0.15) is 30.0 Å². The average Bonchev–Trinajstić information content (AvgIpc) is 3.58. The first-order valence-corrected chi connectivity index (χ1v) is 15.8. The Morgan fingerprint density at radius 1 is 1.02 bits per heavy atom. The number of ether oxygens (including phenoxy) is 2. The molecule has 1 heterocycles. The van der Waals surface area contributed by atoms with E-state index in [0.717, 1.165) is 18.4 Å². The van der Waals surface area contributed by atoms with E-state index in [2.05, 4.69) is 19.9 Å². The molecule has 1 aliphatic heterocycles. The quantitative estimate of drug-likeness (QED) is 0.223. The van der Waals surface area contributed by atoms with E-state index in [1.165, 1.54) is 0 Å². The van der Waals surface area contributed by atoms with E-state index in [1.54, 1.807) is 0 Å². The molecule has 10 heteroatoms. The van der Waals surface area contributed by atoms with E-state index in [0.29, 0.717) is 19.3 Å². The molecule has 7 rings (SSSR count). The summed E-state index contributed by atoms with van der Waals surface area (Å²) in [6.45, 7) is 10.1. The van der Waals surface area contributed by atoms with E-state index in [1.807, 2.05) is 20.8 Å². The summed E-state index contributed by atoms with van der Waals surface area (Å²) in [5.41, 5.74) is -3.95. The van der Waals surface area contributed by atoms with Gasteiger partial charge in [0.25, 0.3) is 0 Å². The summed E-state index contributed by atoms with van der Waals surface area (Å²) >= 11 is 0. The summed E-state index contributed by atoms with van der Waals surface area (Å²) in [5, 5.41) is 77.9. The maximum Gasteiger partial charge on any atom is 0.186 e. The van der Waals surface area contributed by atoms with Gasteiger partial charge in [-0.05, 0) is 60.2 Å². The fourth-order valence-electron chi connectivity index (χ4n) is 12.3. The molecule has 0 amide bonds. The fraction of sp³-hybridized carbons (Fsp3) is 0.906. The number of aliphatic hydroxyl groups is 7. The third-order valence-corrected chi connectivity index (χ3v) is 14.3. The normalized spacial score (nSPS) is 61.3. The van der Waals surface area contributed by atoms with Gasteiger partial charge in [-0.2, -0.15) is 0 Å². The number of carbonyl (C=O) groups is 1. The lowest BCUT2D eigenvalue weighted by atomic mass is 9.44. The Labute approximate surface area is 246 Å². The van der Waals surface area contributed by atoms with Gasteiger partial charge < -0.3 is 45.2 Å². The third-order valence-electron chi connectivity index (χ3n) is 14.3. The van der Waals surface area contributed by atoms with Crippen molar-refractivity contribution in [3.63, 3.8) is 0 Å². The van der Waals surface area contributed by atoms with E-state index in [-0.39, 0.29) is 36.4 Å². The molecule has 10 nitrogen and oxygen atoms in total. The van der Waals surface area contributed by atoms with Crippen LogP contribution in [-0.2, 0) is 14.3 Å². The van der Waals surface area contributed by atoms with Crippen molar-refractivity contribution in [2.45, 2.75) is 128 Å². The summed E-state index contributed by atoms with van der Waals surface area (Å²) in [7, 11) is 0. The molecule has 236 valence electrons. The van der Waals surface area contributed by atoms with Crippen LogP contribution in [0.4, 0.5) is 0 Å². The number of hydrogen-bond acceptors (Lipinski definition) is 10. The van der Waals surface area contributed by atoms with Crippen molar-refractivity contribution in [2.24, 2.45) is 44.8 Å². The summed E-state index contributed by atoms with van der Waals surface area (Å²) in [4.78, 5) is 12.8. The first kappa shape index (κ1) is 29.7. The molecule has 0 aromatic rings. The minimum atomic E-state index is -1.99. The van der Waals surface area contributed by atoms with Crippen LogP contribution in [0.1, 0.15) is 73.1 Å². The molecule has 1 saturated heterocycles. The van der Waals surface area contributed by atoms with Gasteiger partial charge in [0, 0.05) is 23.2 Å². The highest BCUT2D eigenvalue weighted by Crippen LogP contribution is 2.88. The van der Waals surface area contributed by atoms with Gasteiger partial charge in [0.2, 0.25) is 0 Å². The van der Waals surface area contributed by atoms with Gasteiger partial charge in [0.05, 0.1) is 24.9 Å². The van der Waals surface area contributed by atoms with Gasteiger partial charge in [-0.1, -0.05) is 46.3 Å². The Balaban J connectivity index is 1.25. The first-order valence-electron chi connectivity index (χ1n) is 15.8. The van der Waals surface area contributed by atoms with E-state index < -0.39 is 81.9 Å². The highest BCUT2D eigenvalue weighted by atomic mass is 16.7. The van der Waals surface area contributed by atoms with Crippen molar-refractivity contribution in [3.8, 4) is 0 Å². The average molecular weight is 593 g/mol. The van der Waals surface area contributed by atoms with Gasteiger partial charge in [-0.15, -0.1) is 0 Å². The predicted octanol–water partition coefficient (Wildman–Crippen LogP) is 0.422. The molecule has 6 fully saturated rings. The number of allylic oxidation sites excluding steroid dienone is 1. The number of Topliss-reactive ketones (excluding diaryl/α,β-unsaturated/α-hetero) is 1. The molecular weight excluding hydrogens is 544 g/mol. The van der Waals surface area contributed by atoms with Crippen LogP contribution in [0.15, 0.2) is 11.6 Å². The van der Waals surface area contributed by atoms with Crippen LogP contribution in [-0.4, -0.2) is 103 Å². The maximum atomic E-state index is 12.8. The van der Waals surface area contributed by atoms with E-state index >= 15 is 0 Å². The number of rotatable bonds is 2. The van der Waals surface area contributed by atoms with E-state index in [9.17, 15) is 40.5 Å². The van der Waals surface area contributed by atoms with Crippen molar-refractivity contribution in [1.29, 1.82) is 0 Å². The number of ketones is 1. The summed E-state index contributed by atoms with van der Waals surface area (Å²) < 4.78 is 11.9. The lowest BCUT2D eigenvalue weighted by Crippen LogP contribution is -2.63. The Morgan fingerprint density at radius 3 is 2.40 bits per heavy atom. The second kappa shape index (κ2) is 8.65. The summed E-state index contributed by atoms with van der Waals surface area (Å²) in [6.07, 6.45) is -3.55. The minimum Gasteiger partial charge on any atom is -0.392 e. The Bertz CT molecular complexity index is 1220. The molecule has 42 heavy (non-hydrogen) atoms. The second-order valence-corrected chi connectivity index (χ2v) is 16.1. The topological polar surface area (TPSA) is 177 Å². The molecule has 7 aliphatic rings. The van der Waals surface area contributed by atoms with Crippen molar-refractivity contribution in [2.75, 3.05) is 6.61 Å². The summed E-state index contributed by atoms with van der Waals surface area (Å²) in [5.74, 6) is -1.16. The van der Waals surface area contributed by atoms with Crippen molar-refractivity contribution >= 4 is 5.78 Å². The number of fused-ring (bicyclic) bond motifs is 4. The molecular formula is C32H48O10. The SMILES string of the molecule is C[C@@H]1CC(=O)[C@H](O)[C@]2(O)[C@H]1[C@@]1(C)C[C@H](O)[C@@]34C[C@@]35CC[C@H](O[C@@H]3OC[C@@H](O)[C@@H](O)[C@H]3O)C(C)(C)[C@@H]5CC=C4[C@]1(C)[C@H]2O. The highest BCUT2D eigenvalue weighted by molar-refractivity contribution is 5.86. The van der Waals surface area contributed by atoms with Crippen LogP contribution < -0.4 is 0 Å². The molecule has 7 N–H and O–H groups in total.